The predicted octanol–water partition coefficient (Wildman–Crippen LogP) is 1.20. The van der Waals surface area contributed by atoms with Gasteiger partial charge in [-0.2, -0.15) is 0 Å². The van der Waals surface area contributed by atoms with Crippen LogP contribution in [-0.4, -0.2) is 46.7 Å². The maximum absolute atomic E-state index is 12.7. The van der Waals surface area contributed by atoms with Crippen molar-refractivity contribution in [3.63, 3.8) is 0 Å². The maximum atomic E-state index is 12.7. The van der Waals surface area contributed by atoms with Crippen molar-refractivity contribution in [2.24, 2.45) is 0 Å². The van der Waals surface area contributed by atoms with E-state index in [4.69, 9.17) is 0 Å². The first-order chi connectivity index (χ1) is 14.1. The predicted molar refractivity (Wildman–Crippen MR) is 108 cm³/mol. The van der Waals surface area contributed by atoms with Gasteiger partial charge in [-0.3, -0.25) is 19.7 Å². The summed E-state index contributed by atoms with van der Waals surface area (Å²) in [7, 11) is 0. The molecule has 0 saturated carbocycles. The Hall–Kier alpha value is -2.78. The summed E-state index contributed by atoms with van der Waals surface area (Å²) in [5.74, 6) is -0.228. The van der Waals surface area contributed by atoms with Gasteiger partial charge < -0.3 is 15.5 Å². The molecule has 0 aliphatic carbocycles. The van der Waals surface area contributed by atoms with Crippen molar-refractivity contribution in [3.8, 4) is 0 Å². The van der Waals surface area contributed by atoms with Crippen LogP contribution in [0, 0.1) is 0 Å². The van der Waals surface area contributed by atoms with E-state index in [1.165, 1.54) is 4.88 Å². The van der Waals surface area contributed by atoms with Crippen LogP contribution in [0.1, 0.15) is 45.1 Å². The molecule has 1 atom stereocenters. The van der Waals surface area contributed by atoms with Gasteiger partial charge in [0, 0.05) is 55.2 Å². The van der Waals surface area contributed by atoms with Crippen molar-refractivity contribution in [1.29, 1.82) is 0 Å². The molecule has 2 saturated heterocycles. The van der Waals surface area contributed by atoms with Gasteiger partial charge in [0.1, 0.15) is 6.04 Å². The fraction of sp³-hybridized carbons (Fsp3) is 0.400. The molecule has 2 fully saturated rings. The van der Waals surface area contributed by atoms with E-state index in [1.807, 2.05) is 24.4 Å². The number of anilines is 1. The Kier molecular flexibility index (Phi) is 4.56. The number of benzene rings is 1. The standard InChI is InChI=1S/C20H21N5O3S/c26-17-4-3-15(18(27)24-17)25-10-12-5-11(1-2-14(12)19(25)28)6-22-20-23-9-16(29-20)13-7-21-8-13/h1-2,5,9,13,15,21H,3-4,6-8,10H2,(H,22,23)(H,24,26,27). The summed E-state index contributed by atoms with van der Waals surface area (Å²) in [6.07, 6.45) is 2.58. The van der Waals surface area contributed by atoms with Crippen LogP contribution in [0.3, 0.4) is 0 Å². The van der Waals surface area contributed by atoms with Gasteiger partial charge in [0.15, 0.2) is 5.13 Å². The summed E-state index contributed by atoms with van der Waals surface area (Å²) < 4.78 is 0. The monoisotopic (exact) mass is 411 g/mol. The smallest absolute Gasteiger partial charge is 0.255 e. The normalized spacial score (nSPS) is 21.7. The second kappa shape index (κ2) is 7.23. The van der Waals surface area contributed by atoms with Gasteiger partial charge in [-0.1, -0.05) is 12.1 Å². The van der Waals surface area contributed by atoms with Gasteiger partial charge in [0.25, 0.3) is 5.91 Å². The first kappa shape index (κ1) is 18.3. The van der Waals surface area contributed by atoms with Crippen LogP contribution < -0.4 is 16.0 Å². The zero-order valence-corrected chi connectivity index (χ0v) is 16.6. The summed E-state index contributed by atoms with van der Waals surface area (Å²) >= 11 is 1.68. The number of imide groups is 1. The third-order valence-electron chi connectivity index (χ3n) is 5.74. The summed E-state index contributed by atoms with van der Waals surface area (Å²) in [5, 5.41) is 9.86. The molecule has 3 aliphatic rings. The molecule has 1 unspecified atom stereocenters. The van der Waals surface area contributed by atoms with Crippen LogP contribution >= 0.6 is 11.3 Å². The highest BCUT2D eigenvalue weighted by molar-refractivity contribution is 7.15. The molecule has 0 bridgehead atoms. The first-order valence-corrected chi connectivity index (χ1v) is 10.6. The van der Waals surface area contributed by atoms with Crippen molar-refractivity contribution < 1.29 is 14.4 Å². The van der Waals surface area contributed by atoms with Crippen molar-refractivity contribution in [2.75, 3.05) is 18.4 Å². The molecular weight excluding hydrogens is 390 g/mol. The van der Waals surface area contributed by atoms with E-state index in [2.05, 4.69) is 20.9 Å². The van der Waals surface area contributed by atoms with Crippen molar-refractivity contribution in [3.05, 3.63) is 46.0 Å². The Morgan fingerprint density at radius 1 is 1.24 bits per heavy atom. The topological polar surface area (TPSA) is 103 Å². The molecule has 3 aliphatic heterocycles. The zero-order valence-electron chi connectivity index (χ0n) is 15.7. The summed E-state index contributed by atoms with van der Waals surface area (Å²) in [5.41, 5.74) is 2.61. The van der Waals surface area contributed by atoms with E-state index in [9.17, 15) is 14.4 Å². The fourth-order valence-electron chi connectivity index (χ4n) is 3.96. The number of piperidine rings is 1. The average molecular weight is 411 g/mol. The molecule has 9 heteroatoms. The highest BCUT2D eigenvalue weighted by atomic mass is 32.1. The number of fused-ring (bicyclic) bond motifs is 1. The summed E-state index contributed by atoms with van der Waals surface area (Å²) in [4.78, 5) is 43.6. The Morgan fingerprint density at radius 3 is 2.86 bits per heavy atom. The molecule has 2 aromatic rings. The number of thiazole rings is 1. The Labute approximate surface area is 171 Å². The highest BCUT2D eigenvalue weighted by Gasteiger charge is 2.39. The molecule has 0 radical (unpaired) electrons. The molecule has 3 amide bonds. The molecule has 1 aromatic carbocycles. The molecule has 29 heavy (non-hydrogen) atoms. The van der Waals surface area contributed by atoms with Crippen molar-refractivity contribution in [1.82, 2.24) is 20.5 Å². The number of rotatable bonds is 5. The number of amides is 3. The van der Waals surface area contributed by atoms with E-state index in [-0.39, 0.29) is 24.1 Å². The van der Waals surface area contributed by atoms with E-state index < -0.39 is 6.04 Å². The Morgan fingerprint density at radius 2 is 2.10 bits per heavy atom. The minimum absolute atomic E-state index is 0.146. The molecule has 0 spiro atoms. The van der Waals surface area contributed by atoms with Crippen LogP contribution in [0.5, 0.6) is 0 Å². The summed E-state index contributed by atoms with van der Waals surface area (Å²) in [6, 6.07) is 5.19. The van der Waals surface area contributed by atoms with E-state index in [0.717, 1.165) is 29.3 Å². The van der Waals surface area contributed by atoms with Crippen LogP contribution in [0.4, 0.5) is 5.13 Å². The van der Waals surface area contributed by atoms with Crippen molar-refractivity contribution in [2.45, 2.75) is 37.9 Å². The minimum atomic E-state index is -0.580. The number of nitrogens with zero attached hydrogens (tertiary/aromatic N) is 2. The van der Waals surface area contributed by atoms with Crippen LogP contribution in [-0.2, 0) is 22.7 Å². The highest BCUT2D eigenvalue weighted by Crippen LogP contribution is 2.30. The lowest BCUT2D eigenvalue weighted by atomic mass is 10.0. The lowest BCUT2D eigenvalue weighted by Gasteiger charge is -2.29. The molecule has 1 aromatic heterocycles. The Bertz CT molecular complexity index is 1000. The van der Waals surface area contributed by atoms with Gasteiger partial charge in [0.2, 0.25) is 11.8 Å². The number of carbonyl (C=O) groups is 3. The van der Waals surface area contributed by atoms with Gasteiger partial charge in [0.05, 0.1) is 0 Å². The van der Waals surface area contributed by atoms with Crippen LogP contribution in [0.15, 0.2) is 24.4 Å². The third kappa shape index (κ3) is 3.40. The third-order valence-corrected chi connectivity index (χ3v) is 6.86. The van der Waals surface area contributed by atoms with Gasteiger partial charge in [-0.25, -0.2) is 4.98 Å². The SMILES string of the molecule is O=C1CCC(N2Cc3cc(CNc4ncc(C5CNC5)s4)ccc3C2=O)C(=O)N1. The number of aromatic nitrogens is 1. The number of carbonyl (C=O) groups excluding carboxylic acids is 3. The lowest BCUT2D eigenvalue weighted by molar-refractivity contribution is -0.136. The van der Waals surface area contributed by atoms with Gasteiger partial charge >= 0.3 is 0 Å². The number of nitrogens with one attached hydrogen (secondary N) is 3. The van der Waals surface area contributed by atoms with Gasteiger partial charge in [-0.15, -0.1) is 11.3 Å². The zero-order chi connectivity index (χ0) is 20.0. The maximum Gasteiger partial charge on any atom is 0.255 e. The van der Waals surface area contributed by atoms with Crippen LogP contribution in [0.2, 0.25) is 0 Å². The fourth-order valence-corrected chi connectivity index (χ4v) is 4.87. The molecular formula is C20H21N5O3S. The van der Waals surface area contributed by atoms with Crippen molar-refractivity contribution >= 4 is 34.2 Å². The molecule has 4 heterocycles. The van der Waals surface area contributed by atoms with Gasteiger partial charge in [-0.05, 0) is 23.6 Å². The first-order valence-electron chi connectivity index (χ1n) is 9.75. The quantitative estimate of drug-likeness (QED) is 0.639. The Balaban J connectivity index is 1.25. The second-order valence-corrected chi connectivity index (χ2v) is 8.73. The largest absolute Gasteiger partial charge is 0.357 e. The molecule has 5 rings (SSSR count). The second-order valence-electron chi connectivity index (χ2n) is 7.67. The number of hydrogen-bond acceptors (Lipinski definition) is 7. The summed E-state index contributed by atoms with van der Waals surface area (Å²) in [6.45, 7) is 3.05. The van der Waals surface area contributed by atoms with Crippen LogP contribution in [0.25, 0.3) is 0 Å². The van der Waals surface area contributed by atoms with E-state index in [0.29, 0.717) is 31.0 Å². The average Bonchev–Trinajstić information content (AvgIpc) is 3.23. The van der Waals surface area contributed by atoms with E-state index >= 15 is 0 Å². The van der Waals surface area contributed by atoms with E-state index in [1.54, 1.807) is 16.2 Å². The molecule has 150 valence electrons. The number of hydrogen-bond donors (Lipinski definition) is 3. The molecule has 8 nitrogen and oxygen atoms in total. The minimum Gasteiger partial charge on any atom is -0.357 e. The lowest BCUT2D eigenvalue weighted by Crippen LogP contribution is -2.52. The molecule has 3 N–H and O–H groups in total.